The van der Waals surface area contributed by atoms with Gasteiger partial charge in [-0.3, -0.25) is 0 Å². The van der Waals surface area contributed by atoms with E-state index in [2.05, 4.69) is 4.74 Å². The minimum atomic E-state index is -0.725. The largest absolute Gasteiger partial charge is 0.513 e. The Hall–Kier alpha value is -1.55. The molecule has 1 aromatic rings. The van der Waals surface area contributed by atoms with Crippen molar-refractivity contribution in [3.05, 3.63) is 30.3 Å². The zero-order valence-electron chi connectivity index (χ0n) is 7.10. The van der Waals surface area contributed by atoms with Crippen LogP contribution in [0.5, 0.6) is 5.75 Å². The van der Waals surface area contributed by atoms with Crippen molar-refractivity contribution in [1.29, 1.82) is 0 Å². The Bertz CT molecular complexity index is 261. The number of nitrogens with two attached hydrogens (primary N) is 1. The van der Waals surface area contributed by atoms with Crippen LogP contribution in [0.3, 0.4) is 0 Å². The van der Waals surface area contributed by atoms with Crippen LogP contribution in [0.15, 0.2) is 30.3 Å². The SMILES string of the molecule is NCCOC(=O)Oc1ccccc1. The molecule has 0 heterocycles. The number of benzene rings is 1. The van der Waals surface area contributed by atoms with Gasteiger partial charge in [0.05, 0.1) is 0 Å². The minimum absolute atomic E-state index is 0.172. The van der Waals surface area contributed by atoms with E-state index < -0.39 is 6.16 Å². The number of hydrogen-bond acceptors (Lipinski definition) is 4. The van der Waals surface area contributed by atoms with Gasteiger partial charge in [-0.25, -0.2) is 4.79 Å². The summed E-state index contributed by atoms with van der Waals surface area (Å²) in [4.78, 5) is 10.9. The van der Waals surface area contributed by atoms with Crippen molar-refractivity contribution in [2.45, 2.75) is 0 Å². The fourth-order valence-electron chi connectivity index (χ4n) is 0.756. The van der Waals surface area contributed by atoms with Crippen LogP contribution in [0.2, 0.25) is 0 Å². The van der Waals surface area contributed by atoms with Crippen LogP contribution in [-0.2, 0) is 4.74 Å². The van der Waals surface area contributed by atoms with E-state index in [4.69, 9.17) is 10.5 Å². The number of hydrogen-bond donors (Lipinski definition) is 1. The van der Waals surface area contributed by atoms with Gasteiger partial charge in [-0.1, -0.05) is 18.2 Å². The molecule has 70 valence electrons. The Morgan fingerprint density at radius 2 is 2.00 bits per heavy atom. The summed E-state index contributed by atoms with van der Waals surface area (Å²) in [5.41, 5.74) is 5.14. The summed E-state index contributed by atoms with van der Waals surface area (Å²) in [7, 11) is 0. The molecule has 0 bridgehead atoms. The van der Waals surface area contributed by atoms with E-state index in [-0.39, 0.29) is 6.61 Å². The molecule has 0 aliphatic carbocycles. The molecule has 0 spiro atoms. The predicted octanol–water partition coefficient (Wildman–Crippen LogP) is 1.16. The minimum Gasteiger partial charge on any atom is -0.433 e. The zero-order chi connectivity index (χ0) is 9.52. The zero-order valence-corrected chi connectivity index (χ0v) is 7.10. The third-order valence-corrected chi connectivity index (χ3v) is 1.28. The normalized spacial score (nSPS) is 9.31. The first-order valence-electron chi connectivity index (χ1n) is 3.92. The molecule has 0 aromatic heterocycles. The molecule has 2 N–H and O–H groups in total. The van der Waals surface area contributed by atoms with Gasteiger partial charge in [0.25, 0.3) is 0 Å². The molecule has 0 saturated carbocycles. The Morgan fingerprint density at radius 3 is 2.62 bits per heavy atom. The molecule has 4 heteroatoms. The van der Waals surface area contributed by atoms with Crippen LogP contribution in [0.4, 0.5) is 4.79 Å². The number of rotatable bonds is 3. The van der Waals surface area contributed by atoms with E-state index in [1.165, 1.54) is 0 Å². The van der Waals surface area contributed by atoms with Crippen molar-refractivity contribution < 1.29 is 14.3 Å². The second kappa shape index (κ2) is 5.16. The maximum atomic E-state index is 10.9. The molecule has 0 fully saturated rings. The van der Waals surface area contributed by atoms with E-state index in [1.54, 1.807) is 24.3 Å². The van der Waals surface area contributed by atoms with Crippen molar-refractivity contribution in [3.8, 4) is 5.75 Å². The number of carbonyl (C=O) groups excluding carboxylic acids is 1. The van der Waals surface area contributed by atoms with Gasteiger partial charge in [0.1, 0.15) is 12.4 Å². The summed E-state index contributed by atoms with van der Waals surface area (Å²) in [6.07, 6.45) is -0.725. The number of para-hydroxylation sites is 1. The highest BCUT2D eigenvalue weighted by molar-refractivity contribution is 5.63. The molecule has 0 atom stereocenters. The molecule has 13 heavy (non-hydrogen) atoms. The van der Waals surface area contributed by atoms with Gasteiger partial charge in [-0.2, -0.15) is 0 Å². The Balaban J connectivity index is 2.37. The summed E-state index contributed by atoms with van der Waals surface area (Å²) in [5.74, 6) is 0.463. The first kappa shape index (κ1) is 9.54. The molecular weight excluding hydrogens is 170 g/mol. The Labute approximate surface area is 76.3 Å². The van der Waals surface area contributed by atoms with Crippen LogP contribution in [0.25, 0.3) is 0 Å². The molecular formula is C9H11NO3. The van der Waals surface area contributed by atoms with Crippen molar-refractivity contribution in [2.24, 2.45) is 5.73 Å². The first-order chi connectivity index (χ1) is 6.33. The van der Waals surface area contributed by atoms with Gasteiger partial charge >= 0.3 is 6.16 Å². The quantitative estimate of drug-likeness (QED) is 0.561. The van der Waals surface area contributed by atoms with Crippen LogP contribution in [-0.4, -0.2) is 19.3 Å². The van der Waals surface area contributed by atoms with Gasteiger partial charge in [-0.15, -0.1) is 0 Å². The first-order valence-corrected chi connectivity index (χ1v) is 3.92. The van der Waals surface area contributed by atoms with Gasteiger partial charge in [-0.05, 0) is 12.1 Å². The van der Waals surface area contributed by atoms with Crippen molar-refractivity contribution in [3.63, 3.8) is 0 Å². The lowest BCUT2D eigenvalue weighted by Gasteiger charge is -2.03. The molecule has 0 aliphatic heterocycles. The lowest BCUT2D eigenvalue weighted by Crippen LogP contribution is -2.16. The summed E-state index contributed by atoms with van der Waals surface area (Å²) >= 11 is 0. The summed E-state index contributed by atoms with van der Waals surface area (Å²) in [5, 5.41) is 0. The molecule has 0 amide bonds. The number of carbonyl (C=O) groups is 1. The third kappa shape index (κ3) is 3.57. The van der Waals surface area contributed by atoms with Crippen molar-refractivity contribution in [1.82, 2.24) is 0 Å². The Morgan fingerprint density at radius 1 is 1.31 bits per heavy atom. The predicted molar refractivity (Wildman–Crippen MR) is 47.5 cm³/mol. The highest BCUT2D eigenvalue weighted by Gasteiger charge is 2.03. The molecule has 0 saturated heterocycles. The van der Waals surface area contributed by atoms with Crippen molar-refractivity contribution in [2.75, 3.05) is 13.2 Å². The molecule has 0 unspecified atom stereocenters. The summed E-state index contributed by atoms with van der Waals surface area (Å²) in [6, 6.07) is 8.71. The maximum absolute atomic E-state index is 10.9. The fourth-order valence-corrected chi connectivity index (χ4v) is 0.756. The van der Waals surface area contributed by atoms with Gasteiger partial charge in [0.15, 0.2) is 0 Å². The number of ether oxygens (including phenoxy) is 2. The standard InChI is InChI=1S/C9H11NO3/c10-6-7-12-9(11)13-8-4-2-1-3-5-8/h1-5H,6-7,10H2. The molecule has 4 nitrogen and oxygen atoms in total. The third-order valence-electron chi connectivity index (χ3n) is 1.28. The second-order valence-corrected chi connectivity index (χ2v) is 2.30. The highest BCUT2D eigenvalue weighted by atomic mass is 16.7. The molecule has 0 aliphatic rings. The monoisotopic (exact) mass is 181 g/mol. The lowest BCUT2D eigenvalue weighted by atomic mass is 10.3. The van der Waals surface area contributed by atoms with Crippen LogP contribution in [0, 0.1) is 0 Å². The molecule has 1 rings (SSSR count). The van der Waals surface area contributed by atoms with E-state index in [0.29, 0.717) is 12.3 Å². The summed E-state index contributed by atoms with van der Waals surface area (Å²) < 4.78 is 9.41. The van der Waals surface area contributed by atoms with E-state index in [1.807, 2.05) is 6.07 Å². The van der Waals surface area contributed by atoms with E-state index in [9.17, 15) is 4.79 Å². The highest BCUT2D eigenvalue weighted by Crippen LogP contribution is 2.08. The van der Waals surface area contributed by atoms with Crippen LogP contribution < -0.4 is 10.5 Å². The van der Waals surface area contributed by atoms with Crippen molar-refractivity contribution >= 4 is 6.16 Å². The van der Waals surface area contributed by atoms with Gasteiger partial charge in [0.2, 0.25) is 0 Å². The van der Waals surface area contributed by atoms with Crippen LogP contribution in [0.1, 0.15) is 0 Å². The van der Waals surface area contributed by atoms with E-state index >= 15 is 0 Å². The molecule has 1 aromatic carbocycles. The van der Waals surface area contributed by atoms with Crippen LogP contribution >= 0.6 is 0 Å². The van der Waals surface area contributed by atoms with Gasteiger partial charge in [0, 0.05) is 6.54 Å². The smallest absolute Gasteiger partial charge is 0.433 e. The Kier molecular flexibility index (Phi) is 3.78. The second-order valence-electron chi connectivity index (χ2n) is 2.30. The fraction of sp³-hybridized carbons (Fsp3) is 0.222. The maximum Gasteiger partial charge on any atom is 0.513 e. The molecule has 0 radical (unpaired) electrons. The average molecular weight is 181 g/mol. The van der Waals surface area contributed by atoms with E-state index in [0.717, 1.165) is 0 Å². The van der Waals surface area contributed by atoms with Gasteiger partial charge < -0.3 is 15.2 Å². The summed E-state index contributed by atoms with van der Waals surface area (Å²) in [6.45, 7) is 0.468. The topological polar surface area (TPSA) is 61.5 Å². The average Bonchev–Trinajstić information content (AvgIpc) is 2.16. The lowest BCUT2D eigenvalue weighted by molar-refractivity contribution is 0.102.